The number of carbonyl (C=O) groups excluding carboxylic acids is 1. The molecule has 1 rings (SSSR count). The van der Waals surface area contributed by atoms with Gasteiger partial charge in [0.05, 0.1) is 6.61 Å². The maximum atomic E-state index is 11.9. The van der Waals surface area contributed by atoms with Gasteiger partial charge in [0.1, 0.15) is 0 Å². The van der Waals surface area contributed by atoms with E-state index in [0.29, 0.717) is 0 Å². The molecule has 1 aliphatic carbocycles. The standard InChI is InChI=1S/C6H9BF3O2.K/c1-2-12-6(11)4-3-5(4)7(8,9)10;/h4-5H,2-3H2,1H3;/q-1;+1/t4-,5?;/m1./s1. The summed E-state index contributed by atoms with van der Waals surface area (Å²) in [5.41, 5.74) is 0. The van der Waals surface area contributed by atoms with Gasteiger partial charge in [-0.3, -0.25) is 4.79 Å². The van der Waals surface area contributed by atoms with Gasteiger partial charge in [0, 0.05) is 5.92 Å². The summed E-state index contributed by atoms with van der Waals surface area (Å²) >= 11 is 0. The zero-order valence-corrected chi connectivity index (χ0v) is 10.7. The Kier molecular flexibility index (Phi) is 5.54. The van der Waals surface area contributed by atoms with Crippen molar-refractivity contribution in [2.45, 2.75) is 19.2 Å². The quantitative estimate of drug-likeness (QED) is 0.440. The van der Waals surface area contributed by atoms with Crippen LogP contribution in [0.4, 0.5) is 12.9 Å². The molecule has 0 spiro atoms. The van der Waals surface area contributed by atoms with E-state index < -0.39 is 24.7 Å². The number of halogens is 3. The van der Waals surface area contributed by atoms with Crippen molar-refractivity contribution in [3.63, 3.8) is 0 Å². The first kappa shape index (κ1) is 14.0. The molecule has 0 bridgehead atoms. The Morgan fingerprint density at radius 3 is 2.38 bits per heavy atom. The number of hydrogen-bond donors (Lipinski definition) is 0. The Bertz CT molecular complexity index is 197. The fraction of sp³-hybridized carbons (Fsp3) is 0.833. The second-order valence-electron chi connectivity index (χ2n) is 2.88. The molecule has 0 aromatic rings. The zero-order chi connectivity index (χ0) is 9.35. The topological polar surface area (TPSA) is 26.3 Å². The first-order valence-corrected chi connectivity index (χ1v) is 3.83. The Morgan fingerprint density at radius 2 is 2.08 bits per heavy atom. The van der Waals surface area contributed by atoms with E-state index in [1.54, 1.807) is 6.92 Å². The predicted molar refractivity (Wildman–Crippen MR) is 37.6 cm³/mol. The van der Waals surface area contributed by atoms with Gasteiger partial charge in [-0.1, -0.05) is 12.2 Å². The van der Waals surface area contributed by atoms with Crippen LogP contribution >= 0.6 is 0 Å². The number of hydrogen-bond acceptors (Lipinski definition) is 2. The smallest absolute Gasteiger partial charge is 0.466 e. The summed E-state index contributed by atoms with van der Waals surface area (Å²) in [5, 5.41) is 0. The molecule has 0 heterocycles. The van der Waals surface area contributed by atoms with Crippen LogP contribution in [0.15, 0.2) is 0 Å². The number of carbonyl (C=O) groups is 1. The Hall–Kier alpha value is 0.961. The molecular formula is C6H9BF3KO2. The van der Waals surface area contributed by atoms with Gasteiger partial charge in [-0.15, -0.1) is 0 Å². The summed E-state index contributed by atoms with van der Waals surface area (Å²) in [7, 11) is 0. The van der Waals surface area contributed by atoms with Gasteiger partial charge in [0.2, 0.25) is 0 Å². The third-order valence-corrected chi connectivity index (χ3v) is 1.91. The third-order valence-electron chi connectivity index (χ3n) is 1.91. The minimum atomic E-state index is -4.84. The third kappa shape index (κ3) is 3.91. The van der Waals surface area contributed by atoms with Gasteiger partial charge in [0.25, 0.3) is 0 Å². The summed E-state index contributed by atoms with van der Waals surface area (Å²) in [6, 6.07) is 0. The molecule has 0 aromatic heterocycles. The minimum absolute atomic E-state index is 0. The molecular weight excluding hydrogens is 211 g/mol. The molecule has 70 valence electrons. The number of esters is 1. The normalized spacial score (nSPS) is 26.2. The number of rotatable bonds is 3. The average Bonchev–Trinajstić information content (AvgIpc) is 2.62. The van der Waals surface area contributed by atoms with E-state index >= 15 is 0 Å². The van der Waals surface area contributed by atoms with Crippen LogP contribution in [-0.2, 0) is 9.53 Å². The molecule has 0 N–H and O–H groups in total. The van der Waals surface area contributed by atoms with Gasteiger partial charge in [-0.2, -0.15) is 0 Å². The minimum Gasteiger partial charge on any atom is -0.466 e. The van der Waals surface area contributed by atoms with Gasteiger partial charge in [-0.25, -0.2) is 0 Å². The molecule has 0 radical (unpaired) electrons. The molecule has 2 nitrogen and oxygen atoms in total. The van der Waals surface area contributed by atoms with Crippen molar-refractivity contribution < 1.29 is 73.9 Å². The van der Waals surface area contributed by atoms with Crippen molar-refractivity contribution in [3.05, 3.63) is 0 Å². The molecule has 0 aliphatic heterocycles. The van der Waals surface area contributed by atoms with Crippen LogP contribution in [0, 0.1) is 5.92 Å². The van der Waals surface area contributed by atoms with Crippen molar-refractivity contribution in [1.29, 1.82) is 0 Å². The van der Waals surface area contributed by atoms with Crippen LogP contribution in [0.1, 0.15) is 13.3 Å². The Balaban J connectivity index is 0.00000144. The average molecular weight is 220 g/mol. The van der Waals surface area contributed by atoms with Crippen molar-refractivity contribution in [2.24, 2.45) is 5.92 Å². The van der Waals surface area contributed by atoms with E-state index in [2.05, 4.69) is 4.74 Å². The van der Waals surface area contributed by atoms with Gasteiger partial charge < -0.3 is 17.7 Å². The monoisotopic (exact) mass is 220 g/mol. The molecule has 7 heteroatoms. The van der Waals surface area contributed by atoms with Crippen LogP contribution in [0.2, 0.25) is 5.82 Å². The van der Waals surface area contributed by atoms with Crippen molar-refractivity contribution in [1.82, 2.24) is 0 Å². The fourth-order valence-electron chi connectivity index (χ4n) is 1.15. The SMILES string of the molecule is CCOC(=O)[C@@H]1CC1[B-](F)(F)F.[K+]. The molecule has 1 unspecified atom stereocenters. The second kappa shape index (κ2) is 5.16. The van der Waals surface area contributed by atoms with E-state index in [4.69, 9.17) is 0 Å². The van der Waals surface area contributed by atoms with Gasteiger partial charge in [-0.05, 0) is 6.92 Å². The van der Waals surface area contributed by atoms with E-state index in [1.165, 1.54) is 0 Å². The summed E-state index contributed by atoms with van der Waals surface area (Å²) in [4.78, 5) is 10.8. The fourth-order valence-corrected chi connectivity index (χ4v) is 1.15. The molecule has 1 fully saturated rings. The first-order valence-electron chi connectivity index (χ1n) is 3.83. The van der Waals surface area contributed by atoms with Crippen LogP contribution in [0.25, 0.3) is 0 Å². The summed E-state index contributed by atoms with van der Waals surface area (Å²) in [6.07, 6.45) is -0.0810. The van der Waals surface area contributed by atoms with Crippen LogP contribution < -0.4 is 51.4 Å². The van der Waals surface area contributed by atoms with E-state index in [-0.39, 0.29) is 64.4 Å². The van der Waals surface area contributed by atoms with Crippen LogP contribution in [-0.4, -0.2) is 19.6 Å². The van der Waals surface area contributed by atoms with Crippen LogP contribution in [0.5, 0.6) is 0 Å². The van der Waals surface area contributed by atoms with Gasteiger partial charge in [0.15, 0.2) is 0 Å². The maximum Gasteiger partial charge on any atom is 1.00 e. The molecule has 13 heavy (non-hydrogen) atoms. The predicted octanol–water partition coefficient (Wildman–Crippen LogP) is -1.21. The van der Waals surface area contributed by atoms with Crippen molar-refractivity contribution in [2.75, 3.05) is 6.61 Å². The maximum absolute atomic E-state index is 11.9. The first-order chi connectivity index (χ1) is 5.46. The van der Waals surface area contributed by atoms with Crippen LogP contribution in [0.3, 0.4) is 0 Å². The summed E-state index contributed by atoms with van der Waals surface area (Å²) in [6.45, 7) is -3.12. The number of ether oxygens (including phenoxy) is 1. The Morgan fingerprint density at radius 1 is 1.54 bits per heavy atom. The zero-order valence-electron chi connectivity index (χ0n) is 7.60. The molecule has 0 aromatic carbocycles. The summed E-state index contributed by atoms with van der Waals surface area (Å²) < 4.78 is 40.3. The van der Waals surface area contributed by atoms with E-state index in [9.17, 15) is 17.7 Å². The molecule has 2 atom stereocenters. The molecule has 1 aliphatic rings. The van der Waals surface area contributed by atoms with Crippen molar-refractivity contribution in [3.8, 4) is 0 Å². The van der Waals surface area contributed by atoms with E-state index in [0.717, 1.165) is 0 Å². The molecule has 0 saturated heterocycles. The molecule has 1 saturated carbocycles. The second-order valence-corrected chi connectivity index (χ2v) is 2.88. The largest absolute Gasteiger partial charge is 1.00 e. The van der Waals surface area contributed by atoms with Gasteiger partial charge >= 0.3 is 64.3 Å². The van der Waals surface area contributed by atoms with E-state index in [1.807, 2.05) is 0 Å². The summed E-state index contributed by atoms with van der Waals surface area (Å²) in [5.74, 6) is -3.02. The molecule has 0 amide bonds. The van der Waals surface area contributed by atoms with Crippen molar-refractivity contribution >= 4 is 12.9 Å². The Labute approximate surface area is 117 Å².